The minimum atomic E-state index is -0.00413. The number of carbonyl (C=O) groups excluding carboxylic acids is 1. The first kappa shape index (κ1) is 17.8. The summed E-state index contributed by atoms with van der Waals surface area (Å²) in [6, 6.07) is 17.6. The Morgan fingerprint density at radius 3 is 2.56 bits per heavy atom. The van der Waals surface area contributed by atoms with Gasteiger partial charge in [-0.15, -0.1) is 0 Å². The lowest BCUT2D eigenvalue weighted by Crippen LogP contribution is -2.39. The maximum Gasteiger partial charge on any atom is 0.252 e. The molecule has 27 heavy (non-hydrogen) atoms. The van der Waals surface area contributed by atoms with Crippen molar-refractivity contribution < 1.29 is 9.53 Å². The quantitative estimate of drug-likeness (QED) is 0.692. The maximum atomic E-state index is 12.8. The summed E-state index contributed by atoms with van der Waals surface area (Å²) in [5.74, 6) is 0.596. The second-order valence-electron chi connectivity index (χ2n) is 6.91. The number of pyridine rings is 1. The number of nitrogens with one attached hydrogen (secondary N) is 1. The van der Waals surface area contributed by atoms with Crippen LogP contribution in [0.25, 0.3) is 10.8 Å². The van der Waals surface area contributed by atoms with E-state index < -0.39 is 0 Å². The normalized spacial score (nSPS) is 19.6. The molecule has 1 aliphatic rings. The van der Waals surface area contributed by atoms with Crippen LogP contribution < -0.4 is 10.1 Å². The molecule has 1 heterocycles. The Balaban J connectivity index is 1.34. The summed E-state index contributed by atoms with van der Waals surface area (Å²) in [5.41, 5.74) is 0.733. The first-order valence-corrected chi connectivity index (χ1v) is 9.64. The number of amides is 1. The van der Waals surface area contributed by atoms with Gasteiger partial charge in [0, 0.05) is 23.9 Å². The second-order valence-corrected chi connectivity index (χ2v) is 7.34. The van der Waals surface area contributed by atoms with Gasteiger partial charge >= 0.3 is 0 Å². The van der Waals surface area contributed by atoms with Crippen molar-refractivity contribution in [3.63, 3.8) is 0 Å². The summed E-state index contributed by atoms with van der Waals surface area (Å²) in [4.78, 5) is 17.0. The van der Waals surface area contributed by atoms with Gasteiger partial charge in [-0.05, 0) is 48.6 Å². The zero-order chi connectivity index (χ0) is 18.6. The fraction of sp³-hybridized carbons (Fsp3) is 0.273. The summed E-state index contributed by atoms with van der Waals surface area (Å²) in [6.07, 6.45) is 5.30. The molecule has 5 heteroatoms. The van der Waals surface area contributed by atoms with Crippen LogP contribution in [0, 0.1) is 0 Å². The molecule has 0 radical (unpaired) electrons. The van der Waals surface area contributed by atoms with E-state index in [1.165, 1.54) is 0 Å². The molecule has 0 spiro atoms. The second kappa shape index (κ2) is 7.97. The monoisotopic (exact) mass is 380 g/mol. The van der Waals surface area contributed by atoms with Crippen molar-refractivity contribution in [2.75, 3.05) is 0 Å². The van der Waals surface area contributed by atoms with Crippen LogP contribution in [-0.4, -0.2) is 23.0 Å². The van der Waals surface area contributed by atoms with Gasteiger partial charge in [-0.2, -0.15) is 0 Å². The van der Waals surface area contributed by atoms with Gasteiger partial charge in [0.1, 0.15) is 6.10 Å². The van der Waals surface area contributed by atoms with Crippen LogP contribution in [0.5, 0.6) is 5.88 Å². The zero-order valence-electron chi connectivity index (χ0n) is 14.9. The van der Waals surface area contributed by atoms with Gasteiger partial charge in [-0.1, -0.05) is 48.0 Å². The molecule has 1 saturated carbocycles. The number of rotatable bonds is 4. The van der Waals surface area contributed by atoms with E-state index in [9.17, 15) is 4.79 Å². The van der Waals surface area contributed by atoms with E-state index in [1.54, 1.807) is 18.3 Å². The molecule has 4 nitrogen and oxygen atoms in total. The highest BCUT2D eigenvalue weighted by Crippen LogP contribution is 2.24. The van der Waals surface area contributed by atoms with E-state index in [0.717, 1.165) is 42.0 Å². The highest BCUT2D eigenvalue weighted by atomic mass is 35.5. The minimum Gasteiger partial charge on any atom is -0.474 e. The predicted octanol–water partition coefficient (Wildman–Crippen LogP) is 5.01. The zero-order valence-corrected chi connectivity index (χ0v) is 15.7. The Hall–Kier alpha value is -2.59. The van der Waals surface area contributed by atoms with Crippen LogP contribution in [0.2, 0.25) is 5.02 Å². The summed E-state index contributed by atoms with van der Waals surface area (Å²) in [6.45, 7) is 0. The lowest BCUT2D eigenvalue weighted by molar-refractivity contribution is 0.0892. The van der Waals surface area contributed by atoms with E-state index >= 15 is 0 Å². The molecule has 0 saturated heterocycles. The molecule has 1 N–H and O–H groups in total. The van der Waals surface area contributed by atoms with E-state index in [0.29, 0.717) is 10.9 Å². The molecule has 1 aromatic heterocycles. The molecule has 4 rings (SSSR count). The summed E-state index contributed by atoms with van der Waals surface area (Å²) >= 11 is 5.85. The Morgan fingerprint density at radius 2 is 1.78 bits per heavy atom. The van der Waals surface area contributed by atoms with Crippen molar-refractivity contribution in [2.45, 2.75) is 37.8 Å². The van der Waals surface area contributed by atoms with Crippen LogP contribution >= 0.6 is 11.6 Å². The molecule has 0 bridgehead atoms. The third kappa shape index (κ3) is 4.22. The maximum absolute atomic E-state index is 12.8. The highest BCUT2D eigenvalue weighted by molar-refractivity contribution is 6.30. The van der Waals surface area contributed by atoms with Gasteiger partial charge in [0.05, 0.1) is 5.02 Å². The number of fused-ring (bicyclic) bond motifs is 1. The Bertz CT molecular complexity index is 929. The van der Waals surface area contributed by atoms with E-state index in [2.05, 4.69) is 10.3 Å². The van der Waals surface area contributed by atoms with Crippen LogP contribution in [0.15, 0.2) is 60.8 Å². The number of benzene rings is 2. The Labute approximate surface area is 163 Å². The number of hydrogen-bond acceptors (Lipinski definition) is 3. The molecule has 1 aliphatic carbocycles. The van der Waals surface area contributed by atoms with Crippen molar-refractivity contribution in [3.05, 3.63) is 71.4 Å². The minimum absolute atomic E-state index is 0.00413. The third-order valence-electron chi connectivity index (χ3n) is 5.03. The predicted molar refractivity (Wildman–Crippen MR) is 107 cm³/mol. The van der Waals surface area contributed by atoms with Gasteiger partial charge in [-0.3, -0.25) is 4.79 Å². The SMILES string of the molecule is O=C(NC1CCC(Oc2ccc(Cl)cn2)CC1)c1cccc2ccccc12. The number of aromatic nitrogens is 1. The first-order valence-electron chi connectivity index (χ1n) is 9.26. The summed E-state index contributed by atoms with van der Waals surface area (Å²) in [7, 11) is 0. The number of carbonyl (C=O) groups is 1. The van der Waals surface area contributed by atoms with E-state index in [1.807, 2.05) is 42.5 Å². The molecule has 1 amide bonds. The first-order chi connectivity index (χ1) is 13.2. The average molecular weight is 381 g/mol. The molecule has 0 aliphatic heterocycles. The van der Waals surface area contributed by atoms with E-state index in [4.69, 9.17) is 16.3 Å². The standard InChI is InChI=1S/C22H21ClN2O2/c23-16-8-13-21(24-14-16)27-18-11-9-17(10-12-18)25-22(26)20-7-3-5-15-4-1-2-6-19(15)20/h1-8,13-14,17-18H,9-12H2,(H,25,26). The largest absolute Gasteiger partial charge is 0.474 e. The Morgan fingerprint density at radius 1 is 1.00 bits per heavy atom. The van der Waals surface area contributed by atoms with Gasteiger partial charge < -0.3 is 10.1 Å². The van der Waals surface area contributed by atoms with Gasteiger partial charge in [0.2, 0.25) is 5.88 Å². The van der Waals surface area contributed by atoms with Crippen molar-refractivity contribution in [1.82, 2.24) is 10.3 Å². The van der Waals surface area contributed by atoms with Crippen molar-refractivity contribution >= 4 is 28.3 Å². The topological polar surface area (TPSA) is 51.2 Å². The molecule has 0 unspecified atom stereocenters. The smallest absolute Gasteiger partial charge is 0.252 e. The molecule has 0 atom stereocenters. The fourth-order valence-corrected chi connectivity index (χ4v) is 3.73. The highest BCUT2D eigenvalue weighted by Gasteiger charge is 2.24. The van der Waals surface area contributed by atoms with Crippen LogP contribution in [0.1, 0.15) is 36.0 Å². The lowest BCUT2D eigenvalue weighted by atomic mass is 9.92. The number of halogens is 1. The third-order valence-corrected chi connectivity index (χ3v) is 5.25. The van der Waals surface area contributed by atoms with Crippen LogP contribution in [-0.2, 0) is 0 Å². The number of ether oxygens (including phenoxy) is 1. The lowest BCUT2D eigenvalue weighted by Gasteiger charge is -2.29. The molecular formula is C22H21ClN2O2. The number of hydrogen-bond donors (Lipinski definition) is 1. The average Bonchev–Trinajstić information content (AvgIpc) is 2.71. The Kier molecular flexibility index (Phi) is 5.26. The van der Waals surface area contributed by atoms with Gasteiger partial charge in [0.15, 0.2) is 0 Å². The fourth-order valence-electron chi connectivity index (χ4n) is 3.61. The van der Waals surface area contributed by atoms with E-state index in [-0.39, 0.29) is 18.1 Å². The molecule has 2 aromatic carbocycles. The number of nitrogens with zero attached hydrogens (tertiary/aromatic N) is 1. The van der Waals surface area contributed by atoms with Gasteiger partial charge in [-0.25, -0.2) is 4.98 Å². The van der Waals surface area contributed by atoms with Crippen LogP contribution in [0.3, 0.4) is 0 Å². The van der Waals surface area contributed by atoms with Crippen LogP contribution in [0.4, 0.5) is 0 Å². The van der Waals surface area contributed by atoms with Crippen molar-refractivity contribution in [3.8, 4) is 5.88 Å². The van der Waals surface area contributed by atoms with Gasteiger partial charge in [0.25, 0.3) is 5.91 Å². The molecule has 138 valence electrons. The molecule has 1 fully saturated rings. The van der Waals surface area contributed by atoms with Crippen molar-refractivity contribution in [1.29, 1.82) is 0 Å². The molecule has 3 aromatic rings. The summed E-state index contributed by atoms with van der Waals surface area (Å²) < 4.78 is 5.92. The van der Waals surface area contributed by atoms with Crippen molar-refractivity contribution in [2.24, 2.45) is 0 Å². The molecular weight excluding hydrogens is 360 g/mol. The summed E-state index contributed by atoms with van der Waals surface area (Å²) in [5, 5.41) is 5.86.